The molecule has 1 aliphatic rings. The quantitative estimate of drug-likeness (QED) is 0.726. The topological polar surface area (TPSA) is 90.3 Å². The van der Waals surface area contributed by atoms with Crippen molar-refractivity contribution < 1.29 is 22.3 Å². The van der Waals surface area contributed by atoms with E-state index in [1.807, 2.05) is 0 Å². The van der Waals surface area contributed by atoms with E-state index in [9.17, 15) is 17.6 Å². The second-order valence-corrected chi connectivity index (χ2v) is 8.44. The molecule has 0 bridgehead atoms. The summed E-state index contributed by atoms with van der Waals surface area (Å²) in [5, 5.41) is 7.10. The molecule has 0 saturated heterocycles. The van der Waals surface area contributed by atoms with Gasteiger partial charge in [0.25, 0.3) is 5.91 Å². The molecule has 1 amide bonds. The van der Waals surface area contributed by atoms with Crippen molar-refractivity contribution in [2.75, 3.05) is 12.4 Å². The lowest BCUT2D eigenvalue weighted by molar-refractivity contribution is 0.102. The highest BCUT2D eigenvalue weighted by molar-refractivity contribution is 7.90. The van der Waals surface area contributed by atoms with Gasteiger partial charge < -0.3 is 10.1 Å². The van der Waals surface area contributed by atoms with Crippen LogP contribution >= 0.6 is 0 Å². The third kappa shape index (κ3) is 3.36. The van der Waals surface area contributed by atoms with Gasteiger partial charge in [-0.1, -0.05) is 0 Å². The van der Waals surface area contributed by atoms with Crippen LogP contribution in [-0.4, -0.2) is 31.2 Å². The highest BCUT2D eigenvalue weighted by atomic mass is 32.2. The highest BCUT2D eigenvalue weighted by Gasteiger charge is 2.33. The predicted octanol–water partition coefficient (Wildman–Crippen LogP) is 2.70. The summed E-state index contributed by atoms with van der Waals surface area (Å²) in [4.78, 5) is 12.7. The molecule has 2 heterocycles. The van der Waals surface area contributed by atoms with E-state index in [4.69, 9.17) is 4.74 Å². The van der Waals surface area contributed by atoms with Crippen molar-refractivity contribution >= 4 is 21.6 Å². The Kier molecular flexibility index (Phi) is 4.38. The molecule has 1 N–H and O–H groups in total. The molecule has 1 aromatic heterocycles. The SMILES string of the molecule is COc1ccc(C(=O)Nc2c3c(nn2-c2ccc(F)cc2)CS(=O)(=O)C3)cc1. The maximum absolute atomic E-state index is 13.3. The maximum atomic E-state index is 13.3. The molecule has 2 aromatic carbocycles. The summed E-state index contributed by atoms with van der Waals surface area (Å²) in [6.45, 7) is 0. The number of nitrogens with zero attached hydrogens (tertiary/aromatic N) is 2. The van der Waals surface area contributed by atoms with Gasteiger partial charge in [-0.25, -0.2) is 17.5 Å². The number of rotatable bonds is 4. The summed E-state index contributed by atoms with van der Waals surface area (Å²) in [7, 11) is -1.78. The third-order valence-electron chi connectivity index (χ3n) is 4.44. The van der Waals surface area contributed by atoms with Gasteiger partial charge in [-0.05, 0) is 48.5 Å². The second-order valence-electron chi connectivity index (χ2n) is 6.38. The standard InChI is InChI=1S/C19H16FN3O4S/c1-27-15-8-2-12(3-9-15)19(24)21-18-16-10-28(25,26)11-17(16)22-23(18)14-6-4-13(20)5-7-14/h2-9H,10-11H2,1H3,(H,21,24). The molecule has 4 rings (SSSR count). The third-order valence-corrected chi connectivity index (χ3v) is 5.88. The molecular weight excluding hydrogens is 385 g/mol. The van der Waals surface area contributed by atoms with E-state index < -0.39 is 21.6 Å². The summed E-state index contributed by atoms with van der Waals surface area (Å²) >= 11 is 0. The zero-order chi connectivity index (χ0) is 19.9. The van der Waals surface area contributed by atoms with Crippen LogP contribution in [0, 0.1) is 5.82 Å². The Bertz CT molecular complexity index is 1150. The number of carbonyl (C=O) groups is 1. The lowest BCUT2D eigenvalue weighted by atomic mass is 10.2. The molecule has 0 saturated carbocycles. The summed E-state index contributed by atoms with van der Waals surface area (Å²) in [5.74, 6) is -0.347. The monoisotopic (exact) mass is 401 g/mol. The Labute approximate surface area is 160 Å². The Morgan fingerprint density at radius 3 is 2.43 bits per heavy atom. The van der Waals surface area contributed by atoms with Crippen LogP contribution in [-0.2, 0) is 21.3 Å². The fourth-order valence-corrected chi connectivity index (χ4v) is 4.56. The number of hydrogen-bond donors (Lipinski definition) is 1. The second kappa shape index (κ2) is 6.75. The normalized spacial score (nSPS) is 14.5. The van der Waals surface area contributed by atoms with Crippen molar-refractivity contribution in [3.63, 3.8) is 0 Å². The zero-order valence-corrected chi connectivity index (χ0v) is 15.7. The summed E-state index contributed by atoms with van der Waals surface area (Å²) < 4.78 is 43.8. The van der Waals surface area contributed by atoms with E-state index in [0.29, 0.717) is 28.3 Å². The number of benzene rings is 2. The van der Waals surface area contributed by atoms with Gasteiger partial charge in [-0.3, -0.25) is 4.79 Å². The summed E-state index contributed by atoms with van der Waals surface area (Å²) in [6, 6.07) is 12.1. The van der Waals surface area contributed by atoms with E-state index in [0.717, 1.165) is 0 Å². The number of fused-ring (bicyclic) bond motifs is 1. The molecule has 3 aromatic rings. The first-order chi connectivity index (χ1) is 13.4. The first-order valence-electron chi connectivity index (χ1n) is 8.39. The largest absolute Gasteiger partial charge is 0.497 e. The number of halogens is 1. The van der Waals surface area contributed by atoms with Crippen LogP contribution in [0.1, 0.15) is 21.6 Å². The Morgan fingerprint density at radius 2 is 1.79 bits per heavy atom. The van der Waals surface area contributed by atoms with Crippen molar-refractivity contribution in [1.82, 2.24) is 9.78 Å². The molecule has 0 spiro atoms. The Balaban J connectivity index is 1.74. The zero-order valence-electron chi connectivity index (χ0n) is 14.8. The molecule has 9 heteroatoms. The van der Waals surface area contributed by atoms with Crippen molar-refractivity contribution in [2.24, 2.45) is 0 Å². The van der Waals surface area contributed by atoms with Crippen LogP contribution in [0.3, 0.4) is 0 Å². The minimum atomic E-state index is -3.30. The molecule has 144 valence electrons. The molecule has 0 aliphatic carbocycles. The van der Waals surface area contributed by atoms with Crippen LogP contribution in [0.2, 0.25) is 0 Å². The fourth-order valence-electron chi connectivity index (χ4n) is 3.06. The van der Waals surface area contributed by atoms with Gasteiger partial charge >= 0.3 is 0 Å². The number of anilines is 1. The fraction of sp³-hybridized carbons (Fsp3) is 0.158. The number of aromatic nitrogens is 2. The Morgan fingerprint density at radius 1 is 1.11 bits per heavy atom. The molecule has 7 nitrogen and oxygen atoms in total. The number of carbonyl (C=O) groups excluding carboxylic acids is 1. The molecule has 0 unspecified atom stereocenters. The van der Waals surface area contributed by atoms with Gasteiger partial charge in [0, 0.05) is 11.1 Å². The van der Waals surface area contributed by atoms with E-state index in [1.54, 1.807) is 24.3 Å². The average Bonchev–Trinajstić information content (AvgIpc) is 3.15. The van der Waals surface area contributed by atoms with E-state index >= 15 is 0 Å². The molecular formula is C19H16FN3O4S. The van der Waals surface area contributed by atoms with E-state index in [1.165, 1.54) is 36.1 Å². The molecule has 0 fully saturated rings. The van der Waals surface area contributed by atoms with Crippen molar-refractivity contribution in [1.29, 1.82) is 0 Å². The summed E-state index contributed by atoms with van der Waals surface area (Å²) in [5.41, 5.74) is 1.72. The van der Waals surface area contributed by atoms with Crippen LogP contribution in [0.15, 0.2) is 48.5 Å². The predicted molar refractivity (Wildman–Crippen MR) is 101 cm³/mol. The van der Waals surface area contributed by atoms with Gasteiger partial charge in [-0.2, -0.15) is 5.10 Å². The number of sulfone groups is 1. The van der Waals surface area contributed by atoms with Crippen LogP contribution < -0.4 is 10.1 Å². The lowest BCUT2D eigenvalue weighted by Crippen LogP contribution is -2.17. The van der Waals surface area contributed by atoms with Gasteiger partial charge in [0.15, 0.2) is 9.84 Å². The minimum absolute atomic E-state index is 0.193. The van der Waals surface area contributed by atoms with Gasteiger partial charge in [0.2, 0.25) is 0 Å². The van der Waals surface area contributed by atoms with Crippen LogP contribution in [0.25, 0.3) is 5.69 Å². The highest BCUT2D eigenvalue weighted by Crippen LogP contribution is 2.33. The molecule has 0 atom stereocenters. The first kappa shape index (κ1) is 18.2. The van der Waals surface area contributed by atoms with Crippen molar-refractivity contribution in [3.05, 3.63) is 71.2 Å². The van der Waals surface area contributed by atoms with Crippen molar-refractivity contribution in [3.8, 4) is 11.4 Å². The number of amides is 1. The van der Waals surface area contributed by atoms with Crippen LogP contribution in [0.5, 0.6) is 5.75 Å². The van der Waals surface area contributed by atoms with Gasteiger partial charge in [-0.15, -0.1) is 0 Å². The minimum Gasteiger partial charge on any atom is -0.497 e. The molecule has 1 aliphatic heterocycles. The average molecular weight is 401 g/mol. The number of ether oxygens (including phenoxy) is 1. The van der Waals surface area contributed by atoms with E-state index in [-0.39, 0.29) is 17.3 Å². The lowest BCUT2D eigenvalue weighted by Gasteiger charge is -2.11. The Hall–Kier alpha value is -3.20. The smallest absolute Gasteiger partial charge is 0.256 e. The maximum Gasteiger partial charge on any atom is 0.256 e. The van der Waals surface area contributed by atoms with Crippen molar-refractivity contribution in [2.45, 2.75) is 11.5 Å². The van der Waals surface area contributed by atoms with Crippen LogP contribution in [0.4, 0.5) is 10.2 Å². The summed E-state index contributed by atoms with van der Waals surface area (Å²) in [6.07, 6.45) is 0. The van der Waals surface area contributed by atoms with E-state index in [2.05, 4.69) is 10.4 Å². The molecule has 28 heavy (non-hydrogen) atoms. The number of nitrogens with one attached hydrogen (secondary N) is 1. The number of methoxy groups -OCH3 is 1. The van der Waals surface area contributed by atoms with Gasteiger partial charge in [0.1, 0.15) is 17.4 Å². The number of hydrogen-bond acceptors (Lipinski definition) is 5. The first-order valence-corrected chi connectivity index (χ1v) is 10.2. The van der Waals surface area contributed by atoms with Gasteiger partial charge in [0.05, 0.1) is 30.0 Å². The molecule has 0 radical (unpaired) electrons.